The van der Waals surface area contributed by atoms with E-state index in [0.717, 1.165) is 41.3 Å². The van der Waals surface area contributed by atoms with Gasteiger partial charge in [0.1, 0.15) is 17.3 Å². The Kier molecular flexibility index (Phi) is 3.65. The first-order valence-electron chi connectivity index (χ1n) is 6.43. The van der Waals surface area contributed by atoms with Gasteiger partial charge in [0.25, 0.3) is 0 Å². The lowest BCUT2D eigenvalue weighted by atomic mass is 10.3. The molecule has 0 saturated heterocycles. The third kappa shape index (κ3) is 2.39. The summed E-state index contributed by atoms with van der Waals surface area (Å²) in [6.45, 7) is 0.777. The van der Waals surface area contributed by atoms with Crippen LogP contribution in [0.15, 0.2) is 41.0 Å². The van der Waals surface area contributed by atoms with Crippen LogP contribution in [0.3, 0.4) is 0 Å². The van der Waals surface area contributed by atoms with E-state index in [2.05, 4.69) is 9.55 Å². The van der Waals surface area contributed by atoms with Crippen molar-refractivity contribution in [1.82, 2.24) is 9.55 Å². The molecule has 0 spiro atoms. The first kappa shape index (κ1) is 13.1. The fraction of sp³-hybridized carbons (Fsp3) is 0.267. The van der Waals surface area contributed by atoms with Gasteiger partial charge >= 0.3 is 0 Å². The molecule has 0 unspecified atom stereocenters. The fourth-order valence-electron chi connectivity index (χ4n) is 2.31. The number of imidazole rings is 1. The van der Waals surface area contributed by atoms with E-state index in [0.29, 0.717) is 5.88 Å². The number of fused-ring (bicyclic) bond motifs is 1. The third-order valence-corrected chi connectivity index (χ3v) is 3.55. The predicted molar refractivity (Wildman–Crippen MR) is 78.3 cm³/mol. The minimum atomic E-state index is 0.384. The van der Waals surface area contributed by atoms with Gasteiger partial charge in [0.2, 0.25) is 0 Å². The third-order valence-electron chi connectivity index (χ3n) is 3.32. The van der Waals surface area contributed by atoms with Crippen molar-refractivity contribution in [3.8, 4) is 5.75 Å². The van der Waals surface area contributed by atoms with Crippen molar-refractivity contribution in [2.45, 2.75) is 18.8 Å². The van der Waals surface area contributed by atoms with Gasteiger partial charge in [-0.2, -0.15) is 0 Å². The summed E-state index contributed by atoms with van der Waals surface area (Å²) in [4.78, 5) is 4.55. The summed E-state index contributed by atoms with van der Waals surface area (Å²) in [5.74, 6) is 3.02. The number of nitrogens with zero attached hydrogens (tertiary/aromatic N) is 2. The highest BCUT2D eigenvalue weighted by Crippen LogP contribution is 2.23. The van der Waals surface area contributed by atoms with Crippen LogP contribution in [-0.4, -0.2) is 16.7 Å². The molecule has 4 nitrogen and oxygen atoms in total. The molecule has 0 amide bonds. The van der Waals surface area contributed by atoms with Gasteiger partial charge in [0.05, 0.1) is 30.3 Å². The molecule has 5 heteroatoms. The normalized spacial score (nSPS) is 11.1. The summed E-state index contributed by atoms with van der Waals surface area (Å²) in [6, 6.07) is 9.71. The molecule has 0 saturated carbocycles. The number of hydrogen-bond acceptors (Lipinski definition) is 3. The average molecular weight is 291 g/mol. The summed E-state index contributed by atoms with van der Waals surface area (Å²) < 4.78 is 12.8. The molecule has 0 radical (unpaired) electrons. The Morgan fingerprint density at radius 1 is 1.35 bits per heavy atom. The molecular formula is C15H15ClN2O2. The number of hydrogen-bond donors (Lipinski definition) is 0. The molecule has 0 fully saturated rings. The van der Waals surface area contributed by atoms with Crippen LogP contribution in [0.2, 0.25) is 0 Å². The maximum atomic E-state index is 6.00. The minimum Gasteiger partial charge on any atom is -0.497 e. The second-order valence-corrected chi connectivity index (χ2v) is 4.76. The zero-order valence-corrected chi connectivity index (χ0v) is 11.9. The molecule has 104 valence electrons. The molecule has 0 atom stereocenters. The Balaban J connectivity index is 1.97. The lowest BCUT2D eigenvalue weighted by Gasteiger charge is -2.07. The van der Waals surface area contributed by atoms with Crippen LogP contribution in [0.25, 0.3) is 11.0 Å². The highest BCUT2D eigenvalue weighted by molar-refractivity contribution is 6.16. The van der Waals surface area contributed by atoms with E-state index < -0.39 is 0 Å². The van der Waals surface area contributed by atoms with Gasteiger partial charge in [-0.05, 0) is 24.3 Å². The number of halogens is 1. The van der Waals surface area contributed by atoms with Crippen molar-refractivity contribution in [2.75, 3.05) is 7.11 Å². The molecule has 3 aromatic rings. The molecule has 1 aromatic carbocycles. The monoisotopic (exact) mass is 290 g/mol. The minimum absolute atomic E-state index is 0.384. The maximum Gasteiger partial charge on any atom is 0.124 e. The van der Waals surface area contributed by atoms with Crippen molar-refractivity contribution in [1.29, 1.82) is 0 Å². The molecule has 3 rings (SSSR count). The van der Waals surface area contributed by atoms with Gasteiger partial charge in [-0.15, -0.1) is 11.6 Å². The second-order valence-electron chi connectivity index (χ2n) is 4.50. The van der Waals surface area contributed by atoms with Gasteiger partial charge in [-0.25, -0.2) is 4.98 Å². The van der Waals surface area contributed by atoms with Crippen LogP contribution in [-0.2, 0) is 18.8 Å². The number of ether oxygens (including phenoxy) is 1. The Morgan fingerprint density at radius 3 is 2.95 bits per heavy atom. The predicted octanol–water partition coefficient (Wildman–Crippen LogP) is 3.62. The van der Waals surface area contributed by atoms with Crippen molar-refractivity contribution in [3.05, 3.63) is 48.2 Å². The summed E-state index contributed by atoms with van der Waals surface area (Å²) >= 11 is 6.00. The average Bonchev–Trinajstić information content (AvgIpc) is 3.11. The quantitative estimate of drug-likeness (QED) is 0.674. The van der Waals surface area contributed by atoms with Crippen molar-refractivity contribution < 1.29 is 9.15 Å². The largest absolute Gasteiger partial charge is 0.497 e. The van der Waals surface area contributed by atoms with E-state index >= 15 is 0 Å². The van der Waals surface area contributed by atoms with Gasteiger partial charge in [0.15, 0.2) is 0 Å². The van der Waals surface area contributed by atoms with Gasteiger partial charge < -0.3 is 13.7 Å². The van der Waals surface area contributed by atoms with Crippen LogP contribution in [0.4, 0.5) is 0 Å². The van der Waals surface area contributed by atoms with E-state index in [1.54, 1.807) is 13.4 Å². The summed E-state index contributed by atoms with van der Waals surface area (Å²) in [6.07, 6.45) is 2.49. The van der Waals surface area contributed by atoms with Crippen molar-refractivity contribution >= 4 is 22.6 Å². The SMILES string of the molecule is COc1ccc2nc(CCl)n(CCc3ccco3)c2c1. The standard InChI is InChI=1S/C15H15ClN2O2/c1-19-12-4-5-13-14(9-12)18(15(10-16)17-13)7-6-11-3-2-8-20-11/h2-5,8-9H,6-7,10H2,1H3. The number of methoxy groups -OCH3 is 1. The van der Waals surface area contributed by atoms with Crippen molar-refractivity contribution in [3.63, 3.8) is 0 Å². The molecule has 0 aliphatic rings. The van der Waals surface area contributed by atoms with Gasteiger partial charge in [-0.1, -0.05) is 0 Å². The lowest BCUT2D eigenvalue weighted by molar-refractivity contribution is 0.415. The molecular weight excluding hydrogens is 276 g/mol. The first-order chi connectivity index (χ1) is 9.81. The molecule has 20 heavy (non-hydrogen) atoms. The molecule has 0 bridgehead atoms. The van der Waals surface area contributed by atoms with Crippen LogP contribution in [0, 0.1) is 0 Å². The Hall–Kier alpha value is -1.94. The summed E-state index contributed by atoms with van der Waals surface area (Å²) in [5, 5.41) is 0. The first-order valence-corrected chi connectivity index (χ1v) is 6.97. The summed E-state index contributed by atoms with van der Waals surface area (Å²) in [5.41, 5.74) is 1.97. The van der Waals surface area contributed by atoms with Gasteiger partial charge in [-0.3, -0.25) is 0 Å². The smallest absolute Gasteiger partial charge is 0.124 e. The van der Waals surface area contributed by atoms with Crippen LogP contribution in [0.5, 0.6) is 5.75 Å². The molecule has 0 aliphatic heterocycles. The molecule has 0 aliphatic carbocycles. The number of rotatable bonds is 5. The number of alkyl halides is 1. The highest BCUT2D eigenvalue weighted by atomic mass is 35.5. The van der Waals surface area contributed by atoms with Crippen LogP contribution < -0.4 is 4.74 Å². The van der Waals surface area contributed by atoms with Crippen LogP contribution in [0.1, 0.15) is 11.6 Å². The molecule has 2 aromatic heterocycles. The van der Waals surface area contributed by atoms with E-state index in [9.17, 15) is 0 Å². The fourth-order valence-corrected chi connectivity index (χ4v) is 2.51. The number of furan rings is 1. The topological polar surface area (TPSA) is 40.2 Å². The maximum absolute atomic E-state index is 6.00. The van der Waals surface area contributed by atoms with Gasteiger partial charge in [0, 0.05) is 19.0 Å². The Morgan fingerprint density at radius 2 is 2.25 bits per heavy atom. The number of benzene rings is 1. The van der Waals surface area contributed by atoms with E-state index in [1.165, 1.54) is 0 Å². The zero-order chi connectivity index (χ0) is 13.9. The van der Waals surface area contributed by atoms with E-state index in [4.69, 9.17) is 20.8 Å². The molecule has 0 N–H and O–H groups in total. The number of aryl methyl sites for hydroxylation is 2. The van der Waals surface area contributed by atoms with E-state index in [-0.39, 0.29) is 0 Å². The second kappa shape index (κ2) is 5.59. The zero-order valence-electron chi connectivity index (χ0n) is 11.2. The Bertz CT molecular complexity index is 704. The number of aromatic nitrogens is 2. The highest BCUT2D eigenvalue weighted by Gasteiger charge is 2.11. The van der Waals surface area contributed by atoms with Crippen LogP contribution >= 0.6 is 11.6 Å². The Labute approximate surface area is 121 Å². The van der Waals surface area contributed by atoms with E-state index in [1.807, 2.05) is 30.3 Å². The lowest BCUT2D eigenvalue weighted by Crippen LogP contribution is -2.04. The molecule has 2 heterocycles. The van der Waals surface area contributed by atoms with Crippen molar-refractivity contribution in [2.24, 2.45) is 0 Å². The summed E-state index contributed by atoms with van der Waals surface area (Å²) in [7, 11) is 1.66.